The zero-order chi connectivity index (χ0) is 24.6. The summed E-state index contributed by atoms with van der Waals surface area (Å²) in [5.74, 6) is -2.22. The number of rotatable bonds is 5. The predicted molar refractivity (Wildman–Crippen MR) is 127 cm³/mol. The van der Waals surface area contributed by atoms with Crippen LogP contribution in [0, 0.1) is 5.82 Å². The van der Waals surface area contributed by atoms with Gasteiger partial charge < -0.3 is 14.6 Å². The minimum atomic E-state index is -1.04. The Labute approximate surface area is 204 Å². The molecule has 1 amide bonds. The number of benzene rings is 3. The summed E-state index contributed by atoms with van der Waals surface area (Å²) in [5.41, 5.74) is 0.709. The van der Waals surface area contributed by atoms with Gasteiger partial charge in [0.15, 0.2) is 0 Å². The number of hydrogen-bond acceptors (Lipinski definition) is 5. The molecule has 1 saturated heterocycles. The monoisotopic (exact) mass is 501 g/mol. The van der Waals surface area contributed by atoms with Crippen molar-refractivity contribution in [2.45, 2.75) is 6.04 Å². The fraction of sp³-hybridized carbons (Fsp3) is 0.120. The summed E-state index contributed by atoms with van der Waals surface area (Å²) in [6.45, 7) is 0. The lowest BCUT2D eigenvalue weighted by molar-refractivity contribution is -0.132. The van der Waals surface area contributed by atoms with E-state index in [-0.39, 0.29) is 27.6 Å². The molecular weight excluding hydrogens is 484 g/mol. The third kappa shape index (κ3) is 4.08. The third-order valence-electron chi connectivity index (χ3n) is 5.48. The van der Waals surface area contributed by atoms with Crippen LogP contribution in [0.25, 0.3) is 5.76 Å². The molecule has 1 heterocycles. The van der Waals surface area contributed by atoms with E-state index in [0.29, 0.717) is 16.3 Å². The van der Waals surface area contributed by atoms with Gasteiger partial charge in [-0.05, 0) is 48.0 Å². The van der Waals surface area contributed by atoms with Crippen LogP contribution in [0.15, 0.2) is 66.2 Å². The van der Waals surface area contributed by atoms with Crippen molar-refractivity contribution in [1.82, 2.24) is 0 Å². The summed E-state index contributed by atoms with van der Waals surface area (Å²) >= 11 is 12.0. The van der Waals surface area contributed by atoms with Crippen LogP contribution in [0.4, 0.5) is 10.1 Å². The highest BCUT2D eigenvalue weighted by atomic mass is 35.5. The Hall–Kier alpha value is -3.55. The van der Waals surface area contributed by atoms with E-state index in [4.69, 9.17) is 32.7 Å². The highest BCUT2D eigenvalue weighted by Gasteiger charge is 2.47. The minimum absolute atomic E-state index is 0.170. The maximum absolute atomic E-state index is 13.8. The van der Waals surface area contributed by atoms with Gasteiger partial charge in [-0.15, -0.1) is 0 Å². The number of amides is 1. The van der Waals surface area contributed by atoms with Crippen LogP contribution in [0.3, 0.4) is 0 Å². The molecule has 0 aliphatic carbocycles. The quantitative estimate of drug-likeness (QED) is 0.272. The first-order chi connectivity index (χ1) is 16.3. The van der Waals surface area contributed by atoms with Crippen LogP contribution in [0.1, 0.15) is 17.2 Å². The summed E-state index contributed by atoms with van der Waals surface area (Å²) in [5, 5.41) is 11.5. The van der Waals surface area contributed by atoms with E-state index in [2.05, 4.69) is 0 Å². The van der Waals surface area contributed by atoms with Gasteiger partial charge in [0.25, 0.3) is 11.7 Å². The van der Waals surface area contributed by atoms with E-state index in [0.717, 1.165) is 6.07 Å². The van der Waals surface area contributed by atoms with Gasteiger partial charge in [-0.1, -0.05) is 35.3 Å². The smallest absolute Gasteiger partial charge is 0.300 e. The average molecular weight is 502 g/mol. The number of ether oxygens (including phenoxy) is 2. The van der Waals surface area contributed by atoms with Crippen molar-refractivity contribution < 1.29 is 28.6 Å². The van der Waals surface area contributed by atoms with Crippen molar-refractivity contribution in [2.75, 3.05) is 19.1 Å². The molecule has 0 bridgehead atoms. The first-order valence-corrected chi connectivity index (χ1v) is 10.8. The summed E-state index contributed by atoms with van der Waals surface area (Å²) in [6.07, 6.45) is 0. The molecular formula is C25H18Cl2FNO5. The fourth-order valence-corrected chi connectivity index (χ4v) is 4.13. The van der Waals surface area contributed by atoms with Gasteiger partial charge >= 0.3 is 0 Å². The molecule has 4 rings (SSSR count). The van der Waals surface area contributed by atoms with Crippen LogP contribution in [0.2, 0.25) is 10.0 Å². The normalized spacial score (nSPS) is 17.2. The molecule has 1 aliphatic rings. The molecule has 6 nitrogen and oxygen atoms in total. The number of hydrogen-bond donors (Lipinski definition) is 1. The molecule has 1 atom stereocenters. The molecule has 1 unspecified atom stereocenters. The zero-order valence-corrected chi connectivity index (χ0v) is 19.5. The maximum atomic E-state index is 13.8. The van der Waals surface area contributed by atoms with Crippen molar-refractivity contribution in [1.29, 1.82) is 0 Å². The fourth-order valence-electron chi connectivity index (χ4n) is 3.83. The number of carbonyl (C=O) groups is 2. The molecule has 34 heavy (non-hydrogen) atoms. The number of nitrogens with zero attached hydrogens (tertiary/aromatic N) is 1. The first-order valence-electron chi connectivity index (χ1n) is 10.0. The number of anilines is 1. The molecule has 0 aromatic heterocycles. The molecule has 3 aromatic rings. The number of aliphatic hydroxyl groups is 1. The molecule has 1 fully saturated rings. The Kier molecular flexibility index (Phi) is 6.50. The van der Waals surface area contributed by atoms with E-state index in [9.17, 15) is 19.1 Å². The Balaban J connectivity index is 1.97. The van der Waals surface area contributed by atoms with Crippen LogP contribution in [0.5, 0.6) is 11.5 Å². The topological polar surface area (TPSA) is 76.1 Å². The Bertz CT molecular complexity index is 1320. The van der Waals surface area contributed by atoms with E-state index < -0.39 is 29.3 Å². The van der Waals surface area contributed by atoms with Crippen LogP contribution in [-0.2, 0) is 9.59 Å². The molecule has 0 spiro atoms. The van der Waals surface area contributed by atoms with E-state index in [1.807, 2.05) is 0 Å². The largest absolute Gasteiger partial charge is 0.507 e. The Morgan fingerprint density at radius 3 is 2.29 bits per heavy atom. The van der Waals surface area contributed by atoms with Crippen LogP contribution in [-0.4, -0.2) is 31.0 Å². The van der Waals surface area contributed by atoms with Gasteiger partial charge in [-0.3, -0.25) is 14.5 Å². The zero-order valence-electron chi connectivity index (χ0n) is 18.0. The average Bonchev–Trinajstić information content (AvgIpc) is 3.10. The van der Waals surface area contributed by atoms with Gasteiger partial charge in [0, 0.05) is 16.8 Å². The van der Waals surface area contributed by atoms with Gasteiger partial charge in [-0.2, -0.15) is 0 Å². The molecule has 1 aliphatic heterocycles. The summed E-state index contributed by atoms with van der Waals surface area (Å²) in [7, 11) is 2.88. The standard InChI is InChI=1S/C25H18Cl2FNO5/c1-33-16-8-9-17(20(12-16)34-2)23(30)21-22(13-3-5-14(26)6-4-13)29(25(32)24(21)31)15-7-10-19(28)18(27)11-15/h3-12,22,30H,1-2H3/b23-21-. The second kappa shape index (κ2) is 9.37. The lowest BCUT2D eigenvalue weighted by Crippen LogP contribution is -2.29. The molecule has 0 saturated carbocycles. The molecule has 1 N–H and O–H groups in total. The summed E-state index contributed by atoms with van der Waals surface area (Å²) in [4.78, 5) is 27.6. The van der Waals surface area contributed by atoms with Crippen molar-refractivity contribution in [3.63, 3.8) is 0 Å². The highest BCUT2D eigenvalue weighted by Crippen LogP contribution is 2.44. The Morgan fingerprint density at radius 2 is 1.68 bits per heavy atom. The Morgan fingerprint density at radius 1 is 0.971 bits per heavy atom. The number of ketones is 1. The van der Waals surface area contributed by atoms with Gasteiger partial charge in [-0.25, -0.2) is 4.39 Å². The van der Waals surface area contributed by atoms with Crippen molar-refractivity contribution in [2.24, 2.45) is 0 Å². The third-order valence-corrected chi connectivity index (χ3v) is 6.02. The minimum Gasteiger partial charge on any atom is -0.507 e. The van der Waals surface area contributed by atoms with Crippen LogP contribution < -0.4 is 14.4 Å². The van der Waals surface area contributed by atoms with E-state index >= 15 is 0 Å². The van der Waals surface area contributed by atoms with E-state index in [1.54, 1.807) is 36.4 Å². The van der Waals surface area contributed by atoms with Crippen molar-refractivity contribution >= 4 is 46.3 Å². The summed E-state index contributed by atoms with van der Waals surface area (Å²) in [6, 6.07) is 13.8. The maximum Gasteiger partial charge on any atom is 0.300 e. The van der Waals surface area contributed by atoms with E-state index in [1.165, 1.54) is 37.3 Å². The van der Waals surface area contributed by atoms with Crippen LogP contribution >= 0.6 is 23.2 Å². The highest BCUT2D eigenvalue weighted by molar-refractivity contribution is 6.52. The molecule has 174 valence electrons. The molecule has 3 aromatic carbocycles. The number of methoxy groups -OCH3 is 2. The number of carbonyl (C=O) groups excluding carboxylic acids is 2. The number of Topliss-reactive ketones (excluding diaryl/α,β-unsaturated/α-hetero) is 1. The lowest BCUT2D eigenvalue weighted by Gasteiger charge is -2.26. The van der Waals surface area contributed by atoms with Crippen molar-refractivity contribution in [3.8, 4) is 11.5 Å². The molecule has 0 radical (unpaired) electrons. The van der Waals surface area contributed by atoms with Gasteiger partial charge in [0.05, 0.1) is 36.4 Å². The van der Waals surface area contributed by atoms with Gasteiger partial charge in [0.1, 0.15) is 23.1 Å². The van der Waals surface area contributed by atoms with Gasteiger partial charge in [0.2, 0.25) is 0 Å². The summed E-state index contributed by atoms with van der Waals surface area (Å²) < 4.78 is 24.4. The first kappa shape index (κ1) is 23.6. The second-order valence-corrected chi connectivity index (χ2v) is 8.23. The number of aliphatic hydroxyl groups excluding tert-OH is 1. The SMILES string of the molecule is COc1ccc(/C(O)=C2/C(=O)C(=O)N(c3ccc(F)c(Cl)c3)C2c2ccc(Cl)cc2)c(OC)c1. The molecule has 9 heteroatoms. The predicted octanol–water partition coefficient (Wildman–Crippen LogP) is 5.78. The number of halogens is 3. The second-order valence-electron chi connectivity index (χ2n) is 7.39. The lowest BCUT2D eigenvalue weighted by atomic mass is 9.94. The van der Waals surface area contributed by atoms with Crippen molar-refractivity contribution in [3.05, 3.63) is 93.2 Å².